The van der Waals surface area contributed by atoms with Crippen LogP contribution in [-0.2, 0) is 5.91 Å². The van der Waals surface area contributed by atoms with Gasteiger partial charge in [-0.1, -0.05) is 0 Å². The van der Waals surface area contributed by atoms with E-state index in [0.717, 1.165) is 44.0 Å². The number of anilines is 3. The Hall–Kier alpha value is -3.36. The first-order valence-corrected chi connectivity index (χ1v) is 14.2. The van der Waals surface area contributed by atoms with Crippen LogP contribution in [0.5, 0.6) is 0 Å². The summed E-state index contributed by atoms with van der Waals surface area (Å²) in [4.78, 5) is 19.3. The van der Waals surface area contributed by atoms with Gasteiger partial charge in [-0.05, 0) is 37.4 Å². The van der Waals surface area contributed by atoms with Gasteiger partial charge in [0.15, 0.2) is 0 Å². The molecule has 13 heteroatoms. The average Bonchev–Trinajstić information content (AvgIpc) is 3.37. The number of nitrogens with zero attached hydrogens (tertiary/aromatic N) is 7. The van der Waals surface area contributed by atoms with Crippen molar-refractivity contribution in [3.63, 3.8) is 0 Å². The number of aliphatic hydroxyl groups is 2. The van der Waals surface area contributed by atoms with Gasteiger partial charge in [-0.15, -0.1) is 0 Å². The number of benzene rings is 1. The van der Waals surface area contributed by atoms with Crippen molar-refractivity contribution in [3.8, 4) is 5.69 Å². The Bertz CT molecular complexity index is 1480. The fraction of sp³-hybridized carbons (Fsp3) is 0.370. The number of likely N-dealkylation sites (N-methyl/N-ethyl adjacent to an activating group) is 1. The molecule has 0 saturated carbocycles. The van der Waals surface area contributed by atoms with E-state index in [0.29, 0.717) is 41.4 Å². The molecule has 5 heterocycles. The molecule has 2 aliphatic heterocycles. The number of aromatic nitrogens is 4. The highest BCUT2D eigenvalue weighted by Crippen LogP contribution is 2.32. The van der Waals surface area contributed by atoms with Crippen LogP contribution < -0.4 is 10.2 Å². The Labute approximate surface area is 234 Å². The molecule has 3 N–H and O–H groups in total. The molecule has 2 aliphatic rings. The van der Waals surface area contributed by atoms with E-state index in [-0.39, 0.29) is 11.6 Å². The topological polar surface area (TPSA) is 106 Å². The highest BCUT2D eigenvalue weighted by Gasteiger charge is 2.40. The van der Waals surface area contributed by atoms with Gasteiger partial charge in [-0.2, -0.15) is 16.7 Å². The molecule has 2 fully saturated rings. The summed E-state index contributed by atoms with van der Waals surface area (Å²) in [6.07, 6.45) is 5.06. The Morgan fingerprint density at radius 3 is 2.30 bits per heavy atom. The Morgan fingerprint density at radius 1 is 0.900 bits per heavy atom. The molecule has 0 bridgehead atoms. The first kappa shape index (κ1) is 26.8. The van der Waals surface area contributed by atoms with E-state index < -0.39 is 23.1 Å². The van der Waals surface area contributed by atoms with E-state index in [1.54, 1.807) is 30.2 Å². The lowest BCUT2D eigenvalue weighted by Gasteiger charge is -2.37. The number of rotatable bonds is 6. The van der Waals surface area contributed by atoms with Crippen molar-refractivity contribution < 1.29 is 19.0 Å². The molecule has 4 aromatic rings. The lowest BCUT2D eigenvalue weighted by Crippen LogP contribution is -2.51. The van der Waals surface area contributed by atoms with E-state index in [1.165, 1.54) is 9.47 Å². The molecule has 0 unspecified atom stereocenters. The van der Waals surface area contributed by atoms with Crippen molar-refractivity contribution in [2.45, 2.75) is 5.91 Å². The lowest BCUT2D eigenvalue weighted by atomic mass is 10.1. The third kappa shape index (κ3) is 5.22. The van der Waals surface area contributed by atoms with Gasteiger partial charge < -0.3 is 29.9 Å². The number of hydrogen-bond donors (Lipinski definition) is 3. The molecular weight excluding hydrogens is 538 g/mol. The molecule has 1 aromatic carbocycles. The Morgan fingerprint density at radius 2 is 1.62 bits per heavy atom. The zero-order chi connectivity index (χ0) is 27.9. The fourth-order valence-electron chi connectivity index (χ4n) is 5.07. The number of thioether (sulfide) groups is 1. The summed E-state index contributed by atoms with van der Waals surface area (Å²) in [5.74, 6) is -2.74. The maximum Gasteiger partial charge on any atom is 0.259 e. The third-order valence-electron chi connectivity index (χ3n) is 7.38. The SMILES string of the molecule is CN1CCN(c2ccc(Nc3ncc4ccn(-c5cc(F)c(C(O)(O)N6CCSCC6)c(F)c5)c4n3)nc2)CC1. The van der Waals surface area contributed by atoms with Gasteiger partial charge in [0.1, 0.15) is 23.1 Å². The second kappa shape index (κ2) is 10.9. The van der Waals surface area contributed by atoms with Gasteiger partial charge in [0.2, 0.25) is 5.95 Å². The van der Waals surface area contributed by atoms with Gasteiger partial charge in [-0.3, -0.25) is 0 Å². The number of fused-ring (bicyclic) bond motifs is 1. The van der Waals surface area contributed by atoms with Gasteiger partial charge in [0.05, 0.1) is 23.1 Å². The first-order chi connectivity index (χ1) is 19.3. The van der Waals surface area contributed by atoms with E-state index in [2.05, 4.69) is 37.1 Å². The number of nitrogens with one attached hydrogen (secondary N) is 1. The summed E-state index contributed by atoms with van der Waals surface area (Å²) < 4.78 is 32.0. The molecule has 0 amide bonds. The van der Waals surface area contributed by atoms with E-state index >= 15 is 8.78 Å². The molecule has 3 aromatic heterocycles. The standard InChI is InChI=1S/C27H30F2N8O2S/c1-34-6-8-35(9-7-34)19-2-3-23(30-17-19)32-26-31-16-18-4-5-37(25(18)33-26)20-14-21(28)24(22(29)15-20)27(38,39)36-10-12-40-13-11-36/h2-5,14-17,38-39H,6-13H2,1H3,(H,30,31,32,33). The van der Waals surface area contributed by atoms with E-state index in [9.17, 15) is 10.2 Å². The van der Waals surface area contributed by atoms with Crippen molar-refractivity contribution in [3.05, 3.63) is 66.1 Å². The second-order valence-corrected chi connectivity index (χ2v) is 11.2. The van der Waals surface area contributed by atoms with Crippen LogP contribution >= 0.6 is 11.8 Å². The minimum absolute atomic E-state index is 0.151. The molecular formula is C27H30F2N8O2S. The second-order valence-electron chi connectivity index (χ2n) is 9.99. The summed E-state index contributed by atoms with van der Waals surface area (Å²) in [5.41, 5.74) is 0.830. The molecule has 10 nitrogen and oxygen atoms in total. The molecule has 0 atom stereocenters. The normalized spacial score (nSPS) is 17.5. The number of halogens is 2. The summed E-state index contributed by atoms with van der Waals surface area (Å²) in [6.45, 7) is 4.50. The van der Waals surface area contributed by atoms with Crippen LogP contribution in [-0.4, -0.2) is 97.4 Å². The zero-order valence-corrected chi connectivity index (χ0v) is 22.8. The van der Waals surface area contributed by atoms with Gasteiger partial charge in [0, 0.05) is 68.6 Å². The van der Waals surface area contributed by atoms with Crippen molar-refractivity contribution in [2.24, 2.45) is 0 Å². The maximum atomic E-state index is 15.2. The Kier molecular flexibility index (Phi) is 7.31. The van der Waals surface area contributed by atoms with Crippen LogP contribution in [0.4, 0.5) is 26.2 Å². The van der Waals surface area contributed by atoms with Gasteiger partial charge in [-0.25, -0.2) is 23.6 Å². The molecule has 2 saturated heterocycles. The van der Waals surface area contributed by atoms with Gasteiger partial charge in [0.25, 0.3) is 5.91 Å². The summed E-state index contributed by atoms with van der Waals surface area (Å²) in [5, 5.41) is 25.1. The summed E-state index contributed by atoms with van der Waals surface area (Å²) in [7, 11) is 2.11. The zero-order valence-electron chi connectivity index (χ0n) is 22.0. The quantitative estimate of drug-likeness (QED) is 0.301. The predicted molar refractivity (Wildman–Crippen MR) is 151 cm³/mol. The third-order valence-corrected chi connectivity index (χ3v) is 8.32. The number of piperazine rings is 1. The van der Waals surface area contributed by atoms with Crippen LogP contribution in [0, 0.1) is 11.6 Å². The van der Waals surface area contributed by atoms with E-state index in [4.69, 9.17) is 0 Å². The van der Waals surface area contributed by atoms with Crippen molar-refractivity contribution in [1.29, 1.82) is 0 Å². The monoisotopic (exact) mass is 568 g/mol. The minimum atomic E-state index is -2.75. The van der Waals surface area contributed by atoms with E-state index in [1.807, 2.05) is 18.3 Å². The Balaban J connectivity index is 1.24. The molecule has 0 aliphatic carbocycles. The molecule has 210 valence electrons. The lowest BCUT2D eigenvalue weighted by molar-refractivity contribution is -0.276. The maximum absolute atomic E-state index is 15.2. The van der Waals surface area contributed by atoms with Crippen LogP contribution in [0.2, 0.25) is 0 Å². The van der Waals surface area contributed by atoms with Crippen molar-refractivity contribution in [2.75, 3.05) is 68.0 Å². The summed E-state index contributed by atoms with van der Waals surface area (Å²) >= 11 is 1.65. The largest absolute Gasteiger partial charge is 0.368 e. The average molecular weight is 569 g/mol. The number of pyridine rings is 1. The molecule has 0 radical (unpaired) electrons. The molecule has 0 spiro atoms. The first-order valence-electron chi connectivity index (χ1n) is 13.1. The van der Waals surface area contributed by atoms with Crippen LogP contribution in [0.25, 0.3) is 16.7 Å². The van der Waals surface area contributed by atoms with Crippen molar-refractivity contribution >= 4 is 40.2 Å². The summed E-state index contributed by atoms with van der Waals surface area (Å²) in [6, 6.07) is 7.75. The van der Waals surface area contributed by atoms with Crippen LogP contribution in [0.1, 0.15) is 5.56 Å². The van der Waals surface area contributed by atoms with Crippen LogP contribution in [0.15, 0.2) is 48.9 Å². The molecule has 6 rings (SSSR count). The van der Waals surface area contributed by atoms with Crippen molar-refractivity contribution in [1.82, 2.24) is 29.3 Å². The number of hydrogen-bond acceptors (Lipinski definition) is 10. The fourth-order valence-corrected chi connectivity index (χ4v) is 5.97. The predicted octanol–water partition coefficient (Wildman–Crippen LogP) is 2.73. The van der Waals surface area contributed by atoms with Crippen LogP contribution in [0.3, 0.4) is 0 Å². The highest BCUT2D eigenvalue weighted by atomic mass is 32.2. The minimum Gasteiger partial charge on any atom is -0.368 e. The molecule has 40 heavy (non-hydrogen) atoms. The van der Waals surface area contributed by atoms with Gasteiger partial charge >= 0.3 is 0 Å². The smallest absolute Gasteiger partial charge is 0.259 e. The highest BCUT2D eigenvalue weighted by molar-refractivity contribution is 7.99.